The van der Waals surface area contributed by atoms with Crippen molar-refractivity contribution >= 4 is 33.7 Å². The smallest absolute Gasteiger partial charge is 0.272 e. The molecule has 3 aromatic rings. The number of hydrogen-bond acceptors (Lipinski definition) is 8. The van der Waals surface area contributed by atoms with Crippen molar-refractivity contribution in [3.05, 3.63) is 96.2 Å². The average molecular weight is 650 g/mol. The van der Waals surface area contributed by atoms with Gasteiger partial charge in [0.2, 0.25) is 16.4 Å². The summed E-state index contributed by atoms with van der Waals surface area (Å²) in [4.78, 5) is 32.3. The van der Waals surface area contributed by atoms with E-state index >= 15 is 0 Å². The predicted octanol–water partition coefficient (Wildman–Crippen LogP) is 3.17. The van der Waals surface area contributed by atoms with Gasteiger partial charge in [-0.1, -0.05) is 54.6 Å². The molecular weight excluding hydrogens is 606 g/mol. The number of benzene rings is 3. The predicted molar refractivity (Wildman–Crippen MR) is 179 cm³/mol. The van der Waals surface area contributed by atoms with E-state index < -0.39 is 10.0 Å². The number of nitrogens with one attached hydrogen (secondary N) is 2. The molecule has 0 atom stereocenters. The molecule has 0 radical (unpaired) electrons. The third kappa shape index (κ3) is 9.39. The van der Waals surface area contributed by atoms with Gasteiger partial charge in [0.15, 0.2) is 0 Å². The molecule has 46 heavy (non-hydrogen) atoms. The quantitative estimate of drug-likeness (QED) is 0.130. The van der Waals surface area contributed by atoms with E-state index in [0.717, 1.165) is 17.7 Å². The molecule has 246 valence electrons. The highest BCUT2D eigenvalue weighted by Gasteiger charge is 2.30. The van der Waals surface area contributed by atoms with Gasteiger partial charge in [0.05, 0.1) is 17.2 Å². The minimum atomic E-state index is -3.72. The van der Waals surface area contributed by atoms with Crippen LogP contribution >= 0.6 is 0 Å². The van der Waals surface area contributed by atoms with Crippen molar-refractivity contribution in [2.45, 2.75) is 17.7 Å². The van der Waals surface area contributed by atoms with E-state index in [1.54, 1.807) is 30.2 Å². The first kappa shape index (κ1) is 34.6. The number of carbonyl (C=O) groups is 2. The van der Waals surface area contributed by atoms with Crippen LogP contribution in [0.2, 0.25) is 0 Å². The molecule has 4 rings (SSSR count). The summed E-state index contributed by atoms with van der Waals surface area (Å²) in [5.74, 6) is 0.386. The number of rotatable bonds is 17. The van der Waals surface area contributed by atoms with Crippen molar-refractivity contribution < 1.29 is 27.5 Å². The number of hydrogen-bond donors (Lipinski definition) is 2. The number of nitrogens with zero attached hydrogens (tertiary/aromatic N) is 3. The van der Waals surface area contributed by atoms with Crippen LogP contribution in [0, 0.1) is 0 Å². The Morgan fingerprint density at radius 1 is 0.957 bits per heavy atom. The van der Waals surface area contributed by atoms with Crippen LogP contribution in [0.1, 0.15) is 18.4 Å². The molecule has 2 N–H and O–H groups in total. The minimum Gasteiger partial charge on any atom is -0.493 e. The van der Waals surface area contributed by atoms with Gasteiger partial charge >= 0.3 is 0 Å². The van der Waals surface area contributed by atoms with Crippen LogP contribution in [0.15, 0.2) is 95.5 Å². The standard InChI is InChI=1S/C34H43N5O6S/c1-37(29-14-9-15-30(26-29)45-25-11-24-44-2)32(28-12-5-3-6-13-28)33(34(41)38-22-19-35-20-23-38)39(27-40)21-10-18-36-46(42,43)31-16-7-4-8-17-31/h3-9,12-17,26-27,35-36H,10-11,18-25H2,1-2H3/b33-32-. The lowest BCUT2D eigenvalue weighted by Crippen LogP contribution is -2.49. The summed E-state index contributed by atoms with van der Waals surface area (Å²) in [7, 11) is -0.213. The fraction of sp³-hybridized carbons (Fsp3) is 0.353. The maximum atomic E-state index is 14.4. The van der Waals surface area contributed by atoms with E-state index in [2.05, 4.69) is 10.0 Å². The van der Waals surface area contributed by atoms with Gasteiger partial charge in [0.25, 0.3) is 5.91 Å². The first-order valence-electron chi connectivity index (χ1n) is 15.4. The normalized spacial score (nSPS) is 13.9. The van der Waals surface area contributed by atoms with Crippen LogP contribution < -0.4 is 19.7 Å². The molecule has 12 heteroatoms. The first-order chi connectivity index (χ1) is 22.4. The highest BCUT2D eigenvalue weighted by atomic mass is 32.2. The number of sulfonamides is 1. The van der Waals surface area contributed by atoms with Crippen molar-refractivity contribution in [3.63, 3.8) is 0 Å². The zero-order chi connectivity index (χ0) is 32.8. The van der Waals surface area contributed by atoms with Gasteiger partial charge in [-0.3, -0.25) is 9.59 Å². The number of anilines is 1. The van der Waals surface area contributed by atoms with Crippen LogP contribution in [0.5, 0.6) is 5.75 Å². The molecule has 11 nitrogen and oxygen atoms in total. The van der Waals surface area contributed by atoms with E-state index in [1.165, 1.54) is 17.0 Å². The van der Waals surface area contributed by atoms with Crippen LogP contribution in [-0.4, -0.2) is 97.2 Å². The maximum absolute atomic E-state index is 14.4. The van der Waals surface area contributed by atoms with Crippen LogP contribution in [-0.2, 0) is 24.3 Å². The summed E-state index contributed by atoms with van der Waals surface area (Å²) >= 11 is 0. The molecular formula is C34H43N5O6S. The number of ether oxygens (including phenoxy) is 2. The third-order valence-corrected chi connectivity index (χ3v) is 8.99. The van der Waals surface area contributed by atoms with Crippen molar-refractivity contribution in [1.29, 1.82) is 0 Å². The Morgan fingerprint density at radius 2 is 1.65 bits per heavy atom. The van der Waals surface area contributed by atoms with Crippen molar-refractivity contribution in [2.75, 3.05) is 71.5 Å². The number of carbonyl (C=O) groups excluding carboxylic acids is 2. The summed E-state index contributed by atoms with van der Waals surface area (Å²) < 4.78 is 39.2. The Labute approximate surface area is 271 Å². The summed E-state index contributed by atoms with van der Waals surface area (Å²) in [6.45, 7) is 3.53. The molecule has 3 aromatic carbocycles. The number of amides is 2. The van der Waals surface area contributed by atoms with Gasteiger partial charge in [-0.15, -0.1) is 0 Å². The van der Waals surface area contributed by atoms with E-state index in [9.17, 15) is 18.0 Å². The first-order valence-corrected chi connectivity index (χ1v) is 16.9. The van der Waals surface area contributed by atoms with Gasteiger partial charge in [0.1, 0.15) is 11.4 Å². The Kier molecular flexibility index (Phi) is 13.1. The van der Waals surface area contributed by atoms with E-state index in [4.69, 9.17) is 9.47 Å². The van der Waals surface area contributed by atoms with Crippen molar-refractivity contribution in [2.24, 2.45) is 0 Å². The molecule has 2 amide bonds. The lowest BCUT2D eigenvalue weighted by Gasteiger charge is -2.34. The second-order valence-electron chi connectivity index (χ2n) is 10.7. The van der Waals surface area contributed by atoms with Crippen LogP contribution in [0.25, 0.3) is 5.70 Å². The Hall–Kier alpha value is -4.23. The Balaban J connectivity index is 1.69. The fourth-order valence-electron chi connectivity index (χ4n) is 5.12. The monoisotopic (exact) mass is 649 g/mol. The third-order valence-electron chi connectivity index (χ3n) is 7.52. The fourth-order valence-corrected chi connectivity index (χ4v) is 6.22. The van der Waals surface area contributed by atoms with Crippen LogP contribution in [0.4, 0.5) is 5.69 Å². The van der Waals surface area contributed by atoms with E-state index in [1.807, 2.05) is 66.5 Å². The molecule has 1 saturated heterocycles. The number of methoxy groups -OCH3 is 1. The summed E-state index contributed by atoms with van der Waals surface area (Å²) in [5.41, 5.74) is 2.25. The van der Waals surface area contributed by atoms with Gasteiger partial charge in [-0.05, 0) is 30.7 Å². The van der Waals surface area contributed by atoms with Crippen molar-refractivity contribution in [3.8, 4) is 5.75 Å². The van der Waals surface area contributed by atoms with Crippen molar-refractivity contribution in [1.82, 2.24) is 19.8 Å². The van der Waals surface area contributed by atoms with E-state index in [0.29, 0.717) is 57.2 Å². The minimum absolute atomic E-state index is 0.0790. The zero-order valence-electron chi connectivity index (χ0n) is 26.4. The average Bonchev–Trinajstić information content (AvgIpc) is 3.10. The molecule has 0 unspecified atom stereocenters. The van der Waals surface area contributed by atoms with Crippen LogP contribution in [0.3, 0.4) is 0 Å². The molecule has 1 aliphatic rings. The largest absolute Gasteiger partial charge is 0.493 e. The topological polar surface area (TPSA) is 121 Å². The second kappa shape index (κ2) is 17.5. The molecule has 1 aliphatic heterocycles. The summed E-state index contributed by atoms with van der Waals surface area (Å²) in [5, 5.41) is 3.27. The lowest BCUT2D eigenvalue weighted by molar-refractivity contribution is -0.131. The Bertz CT molecular complexity index is 1550. The highest BCUT2D eigenvalue weighted by molar-refractivity contribution is 7.89. The Morgan fingerprint density at radius 3 is 2.33 bits per heavy atom. The maximum Gasteiger partial charge on any atom is 0.272 e. The van der Waals surface area contributed by atoms with E-state index in [-0.39, 0.29) is 36.0 Å². The molecule has 0 spiro atoms. The lowest BCUT2D eigenvalue weighted by atomic mass is 10.1. The second-order valence-corrected chi connectivity index (χ2v) is 12.5. The number of piperazine rings is 1. The summed E-state index contributed by atoms with van der Waals surface area (Å²) in [6, 6.07) is 25.1. The molecule has 0 bridgehead atoms. The molecule has 0 saturated carbocycles. The van der Waals surface area contributed by atoms with Gasteiger partial charge in [0, 0.05) is 83.8 Å². The molecule has 0 aliphatic carbocycles. The molecule has 0 aromatic heterocycles. The van der Waals surface area contributed by atoms with Gasteiger partial charge in [-0.2, -0.15) is 0 Å². The van der Waals surface area contributed by atoms with Gasteiger partial charge in [-0.25, -0.2) is 13.1 Å². The molecule has 1 heterocycles. The highest BCUT2D eigenvalue weighted by Crippen LogP contribution is 2.32. The zero-order valence-corrected chi connectivity index (χ0v) is 27.2. The summed E-state index contributed by atoms with van der Waals surface area (Å²) in [6.07, 6.45) is 1.66. The molecule has 1 fully saturated rings. The van der Waals surface area contributed by atoms with Gasteiger partial charge < -0.3 is 29.5 Å². The SMILES string of the molecule is COCCCOc1cccc(N(C)/C(=C(/C(=O)N2CCNCC2)N(C=O)CCCNS(=O)(=O)c2ccccc2)c2ccccc2)c1.